The molecule has 1 aliphatic heterocycles. The number of nitrogens with zero attached hydrogens (tertiary/aromatic N) is 2. The standard InChI is InChI=1S/C23H16BrClN2O3/c1-13-12-14(5-10-17(13)24)21(28)19-20(18-4-2-3-11-26-18)27(23(30)22(19)29)16-8-6-15(25)7-9-16/h2-12,20,28H,1H3/b21-19-. The zero-order valence-corrected chi connectivity index (χ0v) is 18.2. The first-order valence-electron chi connectivity index (χ1n) is 9.12. The summed E-state index contributed by atoms with van der Waals surface area (Å²) in [6, 6.07) is 16.2. The lowest BCUT2D eigenvalue weighted by Gasteiger charge is -2.24. The molecule has 30 heavy (non-hydrogen) atoms. The molecule has 1 aromatic heterocycles. The molecule has 1 fully saturated rings. The topological polar surface area (TPSA) is 70.5 Å². The first-order valence-corrected chi connectivity index (χ1v) is 10.3. The van der Waals surface area contributed by atoms with Crippen LogP contribution in [0.5, 0.6) is 0 Å². The molecule has 0 saturated carbocycles. The van der Waals surface area contributed by atoms with Gasteiger partial charge in [0, 0.05) is 26.9 Å². The summed E-state index contributed by atoms with van der Waals surface area (Å²) in [5.41, 5.74) is 2.30. The van der Waals surface area contributed by atoms with Crippen LogP contribution in [0.1, 0.15) is 22.9 Å². The van der Waals surface area contributed by atoms with Gasteiger partial charge in [-0.2, -0.15) is 0 Å². The number of aliphatic hydroxyl groups is 1. The maximum Gasteiger partial charge on any atom is 0.300 e. The van der Waals surface area contributed by atoms with Crippen LogP contribution in [0.25, 0.3) is 5.76 Å². The summed E-state index contributed by atoms with van der Waals surface area (Å²) in [5, 5.41) is 11.6. The Balaban J connectivity index is 1.94. The number of aliphatic hydroxyl groups excluding tert-OH is 1. The van der Waals surface area contributed by atoms with Gasteiger partial charge in [-0.1, -0.05) is 39.7 Å². The number of halogens is 2. The Morgan fingerprint density at radius 2 is 1.83 bits per heavy atom. The third-order valence-electron chi connectivity index (χ3n) is 4.95. The van der Waals surface area contributed by atoms with Crippen LogP contribution in [-0.4, -0.2) is 21.8 Å². The predicted octanol–water partition coefficient (Wildman–Crippen LogP) is 5.43. The molecule has 0 bridgehead atoms. The van der Waals surface area contributed by atoms with Gasteiger partial charge in [0.2, 0.25) is 0 Å². The van der Waals surface area contributed by atoms with Gasteiger partial charge in [-0.25, -0.2) is 0 Å². The zero-order chi connectivity index (χ0) is 21.4. The van der Waals surface area contributed by atoms with Gasteiger partial charge in [0.15, 0.2) is 0 Å². The number of pyridine rings is 1. The van der Waals surface area contributed by atoms with Crippen molar-refractivity contribution in [2.75, 3.05) is 4.90 Å². The van der Waals surface area contributed by atoms with Gasteiger partial charge in [-0.3, -0.25) is 19.5 Å². The van der Waals surface area contributed by atoms with E-state index >= 15 is 0 Å². The number of Topliss-reactive ketones (excluding diaryl/α,β-unsaturated/α-hetero) is 1. The van der Waals surface area contributed by atoms with Crippen molar-refractivity contribution in [1.82, 2.24) is 4.98 Å². The summed E-state index contributed by atoms with van der Waals surface area (Å²) >= 11 is 9.42. The van der Waals surface area contributed by atoms with E-state index in [1.54, 1.807) is 66.9 Å². The van der Waals surface area contributed by atoms with Gasteiger partial charge in [0.05, 0.1) is 11.3 Å². The lowest BCUT2D eigenvalue weighted by Crippen LogP contribution is -2.29. The summed E-state index contributed by atoms with van der Waals surface area (Å²) in [6.45, 7) is 1.88. The highest BCUT2D eigenvalue weighted by Gasteiger charge is 2.47. The fourth-order valence-corrected chi connectivity index (χ4v) is 3.84. The van der Waals surface area contributed by atoms with Gasteiger partial charge in [-0.15, -0.1) is 0 Å². The quantitative estimate of drug-likeness (QED) is 0.306. The van der Waals surface area contributed by atoms with Crippen molar-refractivity contribution in [2.24, 2.45) is 0 Å². The van der Waals surface area contributed by atoms with Crippen LogP contribution in [0.3, 0.4) is 0 Å². The van der Waals surface area contributed by atoms with Crippen LogP contribution < -0.4 is 4.90 Å². The van der Waals surface area contributed by atoms with Gasteiger partial charge in [0.25, 0.3) is 11.7 Å². The van der Waals surface area contributed by atoms with Crippen molar-refractivity contribution in [3.05, 3.63) is 98.7 Å². The molecule has 1 saturated heterocycles. The molecule has 1 aliphatic rings. The lowest BCUT2D eigenvalue weighted by atomic mass is 9.97. The molecule has 2 aromatic carbocycles. The molecule has 1 N–H and O–H groups in total. The number of amides is 1. The molecule has 3 aromatic rings. The Hall–Kier alpha value is -2.96. The van der Waals surface area contributed by atoms with Crippen LogP contribution in [0.15, 0.2) is 76.9 Å². The molecular weight excluding hydrogens is 468 g/mol. The molecule has 150 valence electrons. The minimum absolute atomic E-state index is 0.00428. The highest BCUT2D eigenvalue weighted by atomic mass is 79.9. The van der Waals surface area contributed by atoms with Gasteiger partial charge >= 0.3 is 0 Å². The van der Waals surface area contributed by atoms with Gasteiger partial charge in [0.1, 0.15) is 11.8 Å². The molecular formula is C23H16BrClN2O3. The molecule has 2 heterocycles. The second-order valence-electron chi connectivity index (χ2n) is 6.86. The number of carbonyl (C=O) groups is 2. The molecule has 0 aliphatic carbocycles. The minimum Gasteiger partial charge on any atom is -0.507 e. The first-order chi connectivity index (χ1) is 14.4. The molecule has 5 nitrogen and oxygen atoms in total. The van der Waals surface area contributed by atoms with Crippen molar-refractivity contribution >= 4 is 50.7 Å². The number of carbonyl (C=O) groups excluding carboxylic acids is 2. The van der Waals surface area contributed by atoms with Crippen LogP contribution in [0.2, 0.25) is 5.02 Å². The monoisotopic (exact) mass is 482 g/mol. The highest BCUT2D eigenvalue weighted by Crippen LogP contribution is 2.41. The second kappa shape index (κ2) is 8.05. The Morgan fingerprint density at radius 1 is 1.10 bits per heavy atom. The molecule has 1 unspecified atom stereocenters. The molecule has 7 heteroatoms. The van der Waals surface area contributed by atoms with E-state index in [-0.39, 0.29) is 11.3 Å². The molecule has 1 atom stereocenters. The van der Waals surface area contributed by atoms with E-state index in [4.69, 9.17) is 11.6 Å². The van der Waals surface area contributed by atoms with E-state index in [2.05, 4.69) is 20.9 Å². The van der Waals surface area contributed by atoms with Crippen LogP contribution in [0.4, 0.5) is 5.69 Å². The minimum atomic E-state index is -0.865. The number of benzene rings is 2. The molecule has 1 amide bonds. The summed E-state index contributed by atoms with van der Waals surface area (Å²) in [5.74, 6) is -1.74. The van der Waals surface area contributed by atoms with Crippen LogP contribution >= 0.6 is 27.5 Å². The maximum atomic E-state index is 13.0. The number of rotatable bonds is 3. The Kier molecular flexibility index (Phi) is 5.45. The number of aromatic nitrogens is 1. The number of anilines is 1. The average Bonchev–Trinajstić information content (AvgIpc) is 3.02. The first kappa shape index (κ1) is 20.3. The second-order valence-corrected chi connectivity index (χ2v) is 8.15. The van der Waals surface area contributed by atoms with Crippen LogP contribution in [0, 0.1) is 6.92 Å². The summed E-state index contributed by atoms with van der Waals surface area (Å²) in [6.07, 6.45) is 1.58. The van der Waals surface area contributed by atoms with E-state index in [1.807, 2.05) is 6.92 Å². The number of aryl methyl sites for hydroxylation is 1. The predicted molar refractivity (Wildman–Crippen MR) is 119 cm³/mol. The molecule has 4 rings (SSSR count). The van der Waals surface area contributed by atoms with Crippen molar-refractivity contribution in [1.29, 1.82) is 0 Å². The van der Waals surface area contributed by atoms with Crippen molar-refractivity contribution < 1.29 is 14.7 Å². The van der Waals surface area contributed by atoms with Crippen molar-refractivity contribution in [3.8, 4) is 0 Å². The van der Waals surface area contributed by atoms with Gasteiger partial charge in [-0.05, 0) is 61.0 Å². The fraction of sp³-hybridized carbons (Fsp3) is 0.0870. The maximum absolute atomic E-state index is 13.0. The Bertz CT molecular complexity index is 1180. The SMILES string of the molecule is Cc1cc(/C(O)=C2/C(=O)C(=O)N(c3ccc(Cl)cc3)C2c2ccccn2)ccc1Br. The van der Waals surface area contributed by atoms with Crippen LogP contribution in [-0.2, 0) is 9.59 Å². The summed E-state index contributed by atoms with van der Waals surface area (Å²) < 4.78 is 0.877. The Morgan fingerprint density at radius 3 is 2.47 bits per heavy atom. The molecule has 0 spiro atoms. The summed E-state index contributed by atoms with van der Waals surface area (Å²) in [7, 11) is 0. The number of ketones is 1. The van der Waals surface area contributed by atoms with Gasteiger partial charge < -0.3 is 5.11 Å². The third kappa shape index (κ3) is 3.53. The smallest absolute Gasteiger partial charge is 0.300 e. The number of hydrogen-bond donors (Lipinski definition) is 1. The van der Waals surface area contributed by atoms with E-state index < -0.39 is 17.7 Å². The number of hydrogen-bond acceptors (Lipinski definition) is 4. The highest BCUT2D eigenvalue weighted by molar-refractivity contribution is 9.10. The zero-order valence-electron chi connectivity index (χ0n) is 15.8. The van der Waals surface area contributed by atoms with Crippen molar-refractivity contribution in [2.45, 2.75) is 13.0 Å². The van der Waals surface area contributed by atoms with E-state index in [0.29, 0.717) is 22.0 Å². The average molecular weight is 484 g/mol. The van der Waals surface area contributed by atoms with Crippen molar-refractivity contribution in [3.63, 3.8) is 0 Å². The Labute approximate surface area is 186 Å². The summed E-state index contributed by atoms with van der Waals surface area (Å²) in [4.78, 5) is 31.7. The van der Waals surface area contributed by atoms with E-state index in [0.717, 1.165) is 10.0 Å². The lowest BCUT2D eigenvalue weighted by molar-refractivity contribution is -0.132. The largest absolute Gasteiger partial charge is 0.507 e. The normalized spacial score (nSPS) is 18.1. The van der Waals surface area contributed by atoms with E-state index in [1.165, 1.54) is 4.90 Å². The van der Waals surface area contributed by atoms with E-state index in [9.17, 15) is 14.7 Å². The third-order valence-corrected chi connectivity index (χ3v) is 6.09. The fourth-order valence-electron chi connectivity index (χ4n) is 3.47. The molecule has 0 radical (unpaired) electrons.